The number of hydrogen-bond acceptors (Lipinski definition) is 4. The number of nitrogens with one attached hydrogen (secondary N) is 2. The average molecular weight is 381 g/mol. The molecule has 3 rings (SSSR count). The number of amides is 3. The van der Waals surface area contributed by atoms with E-state index in [-0.39, 0.29) is 17.3 Å². The van der Waals surface area contributed by atoms with Gasteiger partial charge in [0.25, 0.3) is 17.7 Å². The smallest absolute Gasteiger partial charge is 0.279 e. The molecular formula is C19H16FN5O3. The fourth-order valence-electron chi connectivity index (χ4n) is 2.49. The molecule has 0 spiro atoms. The van der Waals surface area contributed by atoms with Crippen molar-refractivity contribution in [1.82, 2.24) is 9.97 Å². The zero-order valence-corrected chi connectivity index (χ0v) is 14.8. The van der Waals surface area contributed by atoms with Crippen LogP contribution in [-0.4, -0.2) is 34.7 Å². The fraction of sp³-hybridized carbons (Fsp3) is 0.0526. The van der Waals surface area contributed by atoms with Gasteiger partial charge in [-0.2, -0.15) is 0 Å². The highest BCUT2D eigenvalue weighted by molar-refractivity contribution is 6.11. The van der Waals surface area contributed by atoms with Gasteiger partial charge in [-0.15, -0.1) is 0 Å². The molecule has 142 valence electrons. The molecule has 0 radical (unpaired) electrons. The van der Waals surface area contributed by atoms with Crippen LogP contribution in [0.25, 0.3) is 0 Å². The van der Waals surface area contributed by atoms with Gasteiger partial charge < -0.3 is 20.9 Å². The number of carbonyl (C=O) groups is 3. The first-order chi connectivity index (χ1) is 13.4. The van der Waals surface area contributed by atoms with Crippen molar-refractivity contribution in [3.63, 3.8) is 0 Å². The molecule has 9 heteroatoms. The third-order valence-corrected chi connectivity index (χ3v) is 4.01. The van der Waals surface area contributed by atoms with Crippen LogP contribution < -0.4 is 16.0 Å². The topological polar surface area (TPSA) is 121 Å². The number of aromatic amines is 1. The number of rotatable bonds is 5. The number of benzene rings is 2. The van der Waals surface area contributed by atoms with Crippen LogP contribution in [-0.2, 0) is 0 Å². The highest BCUT2D eigenvalue weighted by Gasteiger charge is 2.22. The normalized spacial score (nSPS) is 10.4. The molecule has 0 aliphatic heterocycles. The molecule has 0 fully saturated rings. The van der Waals surface area contributed by atoms with Gasteiger partial charge in [0.05, 0.1) is 6.33 Å². The first-order valence-corrected chi connectivity index (χ1v) is 8.15. The summed E-state index contributed by atoms with van der Waals surface area (Å²) in [4.78, 5) is 43.7. The summed E-state index contributed by atoms with van der Waals surface area (Å²) < 4.78 is 12.9. The van der Waals surface area contributed by atoms with E-state index < -0.39 is 17.6 Å². The highest BCUT2D eigenvalue weighted by Crippen LogP contribution is 2.20. The molecular weight excluding hydrogens is 365 g/mol. The monoisotopic (exact) mass is 381 g/mol. The lowest BCUT2D eigenvalue weighted by atomic mass is 10.2. The standard InChI is InChI=1S/C19H16FN5O3/c1-25(19(28)16-15(17(21)26)22-10-23-16)14-8-6-13(7-9-14)24-18(27)11-2-4-12(20)5-3-11/h2-10H,1H3,(H2,21,26)(H,22,23)(H,24,27). The summed E-state index contributed by atoms with van der Waals surface area (Å²) in [6, 6.07) is 11.6. The van der Waals surface area contributed by atoms with Gasteiger partial charge in [0.15, 0.2) is 5.69 Å². The lowest BCUT2D eigenvalue weighted by Crippen LogP contribution is -2.29. The molecule has 0 bridgehead atoms. The second-order valence-electron chi connectivity index (χ2n) is 5.86. The SMILES string of the molecule is CN(C(=O)c1nc[nH]c1C(N)=O)c1ccc(NC(=O)c2ccc(F)cc2)cc1. The number of nitrogens with two attached hydrogens (primary N) is 1. The van der Waals surface area contributed by atoms with Crippen LogP contribution in [0.1, 0.15) is 31.3 Å². The summed E-state index contributed by atoms with van der Waals surface area (Å²) >= 11 is 0. The Labute approximate surface area is 159 Å². The lowest BCUT2D eigenvalue weighted by molar-refractivity contribution is 0.0958. The van der Waals surface area contributed by atoms with E-state index in [0.29, 0.717) is 16.9 Å². The quantitative estimate of drug-likeness (QED) is 0.627. The molecule has 3 aromatic rings. The van der Waals surface area contributed by atoms with Crippen LogP contribution in [0.3, 0.4) is 0 Å². The summed E-state index contributed by atoms with van der Waals surface area (Å²) in [5.41, 5.74) is 6.40. The number of anilines is 2. The number of carbonyl (C=O) groups excluding carboxylic acids is 3. The fourth-order valence-corrected chi connectivity index (χ4v) is 2.49. The Morgan fingerprint density at radius 2 is 1.71 bits per heavy atom. The van der Waals surface area contributed by atoms with Crippen molar-refractivity contribution >= 4 is 29.1 Å². The van der Waals surface area contributed by atoms with Gasteiger partial charge in [-0.1, -0.05) is 0 Å². The summed E-state index contributed by atoms with van der Waals surface area (Å²) in [5.74, 6) is -2.11. The Hall–Kier alpha value is -4.01. The van der Waals surface area contributed by atoms with Crippen molar-refractivity contribution in [2.45, 2.75) is 0 Å². The molecule has 1 aromatic heterocycles. The Morgan fingerprint density at radius 1 is 1.07 bits per heavy atom. The van der Waals surface area contributed by atoms with Crippen molar-refractivity contribution in [3.8, 4) is 0 Å². The Kier molecular flexibility index (Phi) is 5.16. The maximum Gasteiger partial charge on any atom is 0.279 e. The van der Waals surface area contributed by atoms with Crippen LogP contribution in [0.4, 0.5) is 15.8 Å². The molecule has 0 atom stereocenters. The first-order valence-electron chi connectivity index (χ1n) is 8.15. The Balaban J connectivity index is 1.72. The summed E-state index contributed by atoms with van der Waals surface area (Å²) in [6.07, 6.45) is 1.22. The molecule has 0 unspecified atom stereocenters. The lowest BCUT2D eigenvalue weighted by Gasteiger charge is -2.17. The minimum atomic E-state index is -0.784. The van der Waals surface area contributed by atoms with Crippen molar-refractivity contribution in [1.29, 1.82) is 0 Å². The average Bonchev–Trinajstić information content (AvgIpc) is 3.18. The van der Waals surface area contributed by atoms with Crippen LogP contribution >= 0.6 is 0 Å². The molecule has 0 saturated carbocycles. The van der Waals surface area contributed by atoms with Gasteiger partial charge in [-0.05, 0) is 48.5 Å². The van der Waals surface area contributed by atoms with Crippen molar-refractivity contribution < 1.29 is 18.8 Å². The summed E-state index contributed by atoms with van der Waals surface area (Å²) in [6.45, 7) is 0. The molecule has 1 heterocycles. The van der Waals surface area contributed by atoms with Gasteiger partial charge in [0, 0.05) is 24.0 Å². The van der Waals surface area contributed by atoms with E-state index in [1.807, 2.05) is 0 Å². The highest BCUT2D eigenvalue weighted by atomic mass is 19.1. The van der Waals surface area contributed by atoms with E-state index in [4.69, 9.17) is 5.73 Å². The number of aromatic nitrogens is 2. The number of hydrogen-bond donors (Lipinski definition) is 3. The Bertz CT molecular complexity index is 1030. The van der Waals surface area contributed by atoms with E-state index in [0.717, 1.165) is 0 Å². The molecule has 3 amide bonds. The predicted octanol–water partition coefficient (Wildman–Crippen LogP) is 2.18. The van der Waals surface area contributed by atoms with Gasteiger partial charge in [0.1, 0.15) is 11.5 Å². The molecule has 4 N–H and O–H groups in total. The second-order valence-corrected chi connectivity index (χ2v) is 5.86. The van der Waals surface area contributed by atoms with Crippen LogP contribution in [0.5, 0.6) is 0 Å². The zero-order chi connectivity index (χ0) is 20.3. The zero-order valence-electron chi connectivity index (χ0n) is 14.8. The first kappa shape index (κ1) is 18.8. The van der Waals surface area contributed by atoms with E-state index in [2.05, 4.69) is 15.3 Å². The molecule has 8 nitrogen and oxygen atoms in total. The van der Waals surface area contributed by atoms with Crippen molar-refractivity contribution in [3.05, 3.63) is 77.6 Å². The summed E-state index contributed by atoms with van der Waals surface area (Å²) in [7, 11) is 1.52. The van der Waals surface area contributed by atoms with Gasteiger partial charge in [-0.3, -0.25) is 14.4 Å². The van der Waals surface area contributed by atoms with Crippen LogP contribution in [0.15, 0.2) is 54.9 Å². The maximum atomic E-state index is 12.9. The second kappa shape index (κ2) is 7.70. The number of imidazole rings is 1. The molecule has 0 aliphatic rings. The van der Waals surface area contributed by atoms with Gasteiger partial charge >= 0.3 is 0 Å². The van der Waals surface area contributed by atoms with E-state index >= 15 is 0 Å². The number of nitrogens with zero attached hydrogens (tertiary/aromatic N) is 2. The third kappa shape index (κ3) is 3.88. The molecule has 28 heavy (non-hydrogen) atoms. The molecule has 0 saturated heterocycles. The van der Waals surface area contributed by atoms with Gasteiger partial charge in [0.2, 0.25) is 0 Å². The van der Waals surface area contributed by atoms with Gasteiger partial charge in [-0.25, -0.2) is 9.37 Å². The van der Waals surface area contributed by atoms with Crippen LogP contribution in [0.2, 0.25) is 0 Å². The number of primary amides is 1. The number of H-pyrrole nitrogens is 1. The maximum absolute atomic E-state index is 12.9. The van der Waals surface area contributed by atoms with E-state index in [9.17, 15) is 18.8 Å². The predicted molar refractivity (Wildman–Crippen MR) is 101 cm³/mol. The number of halogens is 1. The molecule has 2 aromatic carbocycles. The van der Waals surface area contributed by atoms with E-state index in [1.54, 1.807) is 24.3 Å². The largest absolute Gasteiger partial charge is 0.364 e. The van der Waals surface area contributed by atoms with Crippen LogP contribution in [0, 0.1) is 5.82 Å². The van der Waals surface area contributed by atoms with E-state index in [1.165, 1.54) is 42.5 Å². The summed E-state index contributed by atoms with van der Waals surface area (Å²) in [5, 5.41) is 2.68. The Morgan fingerprint density at radius 3 is 2.32 bits per heavy atom. The third-order valence-electron chi connectivity index (χ3n) is 4.01. The molecule has 0 aliphatic carbocycles. The van der Waals surface area contributed by atoms with Crippen molar-refractivity contribution in [2.24, 2.45) is 5.73 Å². The minimum absolute atomic E-state index is 0.0694. The van der Waals surface area contributed by atoms with Crippen molar-refractivity contribution in [2.75, 3.05) is 17.3 Å². The minimum Gasteiger partial charge on any atom is -0.364 e.